The molecule has 29 heavy (non-hydrogen) atoms. The summed E-state index contributed by atoms with van der Waals surface area (Å²) < 4.78 is 0. The van der Waals surface area contributed by atoms with Gasteiger partial charge in [0.25, 0.3) is 5.91 Å². The van der Waals surface area contributed by atoms with Gasteiger partial charge in [-0.3, -0.25) is 9.89 Å². The molecule has 6 heteroatoms. The van der Waals surface area contributed by atoms with Crippen LogP contribution in [-0.4, -0.2) is 22.3 Å². The number of hydrogen-bond acceptors (Lipinski definition) is 4. The zero-order valence-electron chi connectivity index (χ0n) is 15.3. The van der Waals surface area contributed by atoms with Crippen molar-refractivity contribution >= 4 is 45.0 Å². The molecule has 0 unspecified atom stereocenters. The van der Waals surface area contributed by atoms with E-state index in [9.17, 15) is 4.79 Å². The van der Waals surface area contributed by atoms with Gasteiger partial charge in [-0.05, 0) is 39.1 Å². The second-order valence-electron chi connectivity index (χ2n) is 6.57. The van der Waals surface area contributed by atoms with Crippen LogP contribution in [0.2, 0.25) is 0 Å². The SMILES string of the molecule is O=C(N/N=C\c1c2ccccc2cc2ccccc12)c1cn[nH]c1-c1cccs1. The highest BCUT2D eigenvalue weighted by Crippen LogP contribution is 2.28. The van der Waals surface area contributed by atoms with Gasteiger partial charge in [-0.2, -0.15) is 10.2 Å². The molecule has 0 aliphatic rings. The summed E-state index contributed by atoms with van der Waals surface area (Å²) >= 11 is 1.55. The highest BCUT2D eigenvalue weighted by atomic mass is 32.1. The van der Waals surface area contributed by atoms with Crippen LogP contribution < -0.4 is 5.43 Å². The molecule has 2 N–H and O–H groups in total. The summed E-state index contributed by atoms with van der Waals surface area (Å²) in [5.41, 5.74) is 4.78. The van der Waals surface area contributed by atoms with E-state index in [-0.39, 0.29) is 5.91 Å². The van der Waals surface area contributed by atoms with E-state index < -0.39 is 0 Å². The molecule has 0 atom stereocenters. The van der Waals surface area contributed by atoms with E-state index in [1.165, 1.54) is 6.20 Å². The fraction of sp³-hybridized carbons (Fsp3) is 0. The zero-order valence-corrected chi connectivity index (χ0v) is 16.1. The van der Waals surface area contributed by atoms with Crippen LogP contribution in [0.4, 0.5) is 0 Å². The van der Waals surface area contributed by atoms with Gasteiger partial charge in [0, 0.05) is 5.56 Å². The number of aromatic amines is 1. The van der Waals surface area contributed by atoms with Crippen molar-refractivity contribution in [1.29, 1.82) is 0 Å². The molecule has 0 aliphatic heterocycles. The Morgan fingerprint density at radius 3 is 2.41 bits per heavy atom. The monoisotopic (exact) mass is 396 g/mol. The van der Waals surface area contributed by atoms with E-state index in [0.717, 1.165) is 32.0 Å². The molecular weight excluding hydrogens is 380 g/mol. The molecule has 0 saturated heterocycles. The average Bonchev–Trinajstić information content (AvgIpc) is 3.44. The first-order valence-electron chi connectivity index (χ1n) is 9.12. The van der Waals surface area contributed by atoms with Gasteiger partial charge >= 0.3 is 0 Å². The van der Waals surface area contributed by atoms with Crippen LogP contribution in [0.15, 0.2) is 83.4 Å². The Morgan fingerprint density at radius 2 is 1.72 bits per heavy atom. The van der Waals surface area contributed by atoms with Crippen LogP contribution in [0.5, 0.6) is 0 Å². The highest BCUT2D eigenvalue weighted by Gasteiger charge is 2.15. The fourth-order valence-electron chi connectivity index (χ4n) is 3.47. The summed E-state index contributed by atoms with van der Waals surface area (Å²) in [7, 11) is 0. The van der Waals surface area contributed by atoms with Gasteiger partial charge in [0.05, 0.1) is 28.5 Å². The number of aromatic nitrogens is 2. The Bertz CT molecular complexity index is 1300. The Kier molecular flexibility index (Phi) is 4.38. The van der Waals surface area contributed by atoms with Crippen molar-refractivity contribution in [1.82, 2.24) is 15.6 Å². The minimum absolute atomic E-state index is 0.303. The molecule has 1 amide bonds. The molecular formula is C23H16N4OS. The summed E-state index contributed by atoms with van der Waals surface area (Å²) in [6.07, 6.45) is 3.24. The highest BCUT2D eigenvalue weighted by molar-refractivity contribution is 7.13. The lowest BCUT2D eigenvalue weighted by atomic mass is 9.97. The van der Waals surface area contributed by atoms with Crippen molar-refractivity contribution in [3.05, 3.63) is 89.4 Å². The van der Waals surface area contributed by atoms with E-state index in [1.54, 1.807) is 17.6 Å². The molecule has 5 aromatic rings. The van der Waals surface area contributed by atoms with Crippen molar-refractivity contribution in [3.63, 3.8) is 0 Å². The number of thiophene rings is 1. The van der Waals surface area contributed by atoms with E-state index in [4.69, 9.17) is 0 Å². The van der Waals surface area contributed by atoms with Crippen molar-refractivity contribution in [3.8, 4) is 10.6 Å². The number of amides is 1. The minimum atomic E-state index is -0.303. The topological polar surface area (TPSA) is 70.1 Å². The fourth-order valence-corrected chi connectivity index (χ4v) is 4.20. The van der Waals surface area contributed by atoms with Crippen LogP contribution in [0.3, 0.4) is 0 Å². The Morgan fingerprint density at radius 1 is 1.00 bits per heavy atom. The lowest BCUT2D eigenvalue weighted by Gasteiger charge is -2.08. The Labute approximate surface area is 170 Å². The number of nitrogens with zero attached hydrogens (tertiary/aromatic N) is 2. The molecule has 5 nitrogen and oxygen atoms in total. The number of carbonyl (C=O) groups excluding carboxylic acids is 1. The maximum Gasteiger partial charge on any atom is 0.275 e. The van der Waals surface area contributed by atoms with Gasteiger partial charge in [-0.25, -0.2) is 5.43 Å². The van der Waals surface area contributed by atoms with Gasteiger partial charge in [-0.15, -0.1) is 11.3 Å². The summed E-state index contributed by atoms with van der Waals surface area (Å²) in [5, 5.41) is 17.6. The lowest BCUT2D eigenvalue weighted by Crippen LogP contribution is -2.17. The third-order valence-electron chi connectivity index (χ3n) is 4.82. The van der Waals surface area contributed by atoms with E-state index in [1.807, 2.05) is 41.8 Å². The average molecular weight is 396 g/mol. The largest absolute Gasteiger partial charge is 0.276 e. The van der Waals surface area contributed by atoms with E-state index in [2.05, 4.69) is 51.1 Å². The first-order valence-corrected chi connectivity index (χ1v) is 10.0. The van der Waals surface area contributed by atoms with Crippen LogP contribution in [0, 0.1) is 0 Å². The standard InChI is InChI=1S/C23H16N4OS/c28-23(20-14-24-26-22(20)21-10-5-11-29-21)27-25-13-19-17-8-3-1-6-15(17)12-16-7-2-4-9-18(16)19/h1-14H,(H,24,26)(H,27,28)/b25-13-. The Balaban J connectivity index is 1.49. The number of hydrazone groups is 1. The second-order valence-corrected chi connectivity index (χ2v) is 7.52. The van der Waals surface area contributed by atoms with Gasteiger partial charge < -0.3 is 0 Å². The van der Waals surface area contributed by atoms with Gasteiger partial charge in [0.15, 0.2) is 0 Å². The predicted molar refractivity (Wildman–Crippen MR) is 118 cm³/mol. The molecule has 2 heterocycles. The molecule has 5 rings (SSSR count). The number of fused-ring (bicyclic) bond motifs is 2. The molecule has 3 aromatic carbocycles. The molecule has 0 bridgehead atoms. The molecule has 2 aromatic heterocycles. The van der Waals surface area contributed by atoms with E-state index in [0.29, 0.717) is 11.3 Å². The number of nitrogens with one attached hydrogen (secondary N) is 2. The Hall–Kier alpha value is -3.77. The maximum absolute atomic E-state index is 12.7. The molecule has 0 radical (unpaired) electrons. The van der Waals surface area contributed by atoms with Crippen LogP contribution >= 0.6 is 11.3 Å². The predicted octanol–water partition coefficient (Wildman–Crippen LogP) is 5.21. The smallest absolute Gasteiger partial charge is 0.275 e. The van der Waals surface area contributed by atoms with Gasteiger partial charge in [0.2, 0.25) is 0 Å². The van der Waals surface area contributed by atoms with Gasteiger partial charge in [-0.1, -0.05) is 54.6 Å². The number of benzene rings is 3. The third-order valence-corrected chi connectivity index (χ3v) is 5.71. The van der Waals surface area contributed by atoms with Crippen molar-refractivity contribution < 1.29 is 4.79 Å². The summed E-state index contributed by atoms with van der Waals surface area (Å²) in [4.78, 5) is 13.6. The summed E-state index contributed by atoms with van der Waals surface area (Å²) in [6.45, 7) is 0. The summed E-state index contributed by atoms with van der Waals surface area (Å²) in [6, 6.07) is 22.4. The van der Waals surface area contributed by atoms with Crippen molar-refractivity contribution in [2.24, 2.45) is 5.10 Å². The maximum atomic E-state index is 12.7. The lowest BCUT2D eigenvalue weighted by molar-refractivity contribution is 0.0956. The third kappa shape index (κ3) is 3.19. The number of hydrogen-bond donors (Lipinski definition) is 2. The minimum Gasteiger partial charge on any atom is -0.276 e. The molecule has 0 fully saturated rings. The number of H-pyrrole nitrogens is 1. The molecule has 140 valence electrons. The van der Waals surface area contributed by atoms with Crippen LogP contribution in [0.25, 0.3) is 32.1 Å². The quantitative estimate of drug-likeness (QED) is 0.249. The number of rotatable bonds is 4. The summed E-state index contributed by atoms with van der Waals surface area (Å²) in [5.74, 6) is -0.303. The normalized spacial score (nSPS) is 11.4. The first-order chi connectivity index (χ1) is 14.3. The van der Waals surface area contributed by atoms with Gasteiger partial charge in [0.1, 0.15) is 0 Å². The van der Waals surface area contributed by atoms with Crippen molar-refractivity contribution in [2.45, 2.75) is 0 Å². The van der Waals surface area contributed by atoms with Crippen molar-refractivity contribution in [2.75, 3.05) is 0 Å². The second kappa shape index (κ2) is 7.33. The van der Waals surface area contributed by atoms with E-state index >= 15 is 0 Å². The molecule has 0 aliphatic carbocycles. The number of carbonyl (C=O) groups is 1. The van der Waals surface area contributed by atoms with Crippen LogP contribution in [0.1, 0.15) is 15.9 Å². The zero-order chi connectivity index (χ0) is 19.6. The molecule has 0 saturated carbocycles. The molecule has 0 spiro atoms. The van der Waals surface area contributed by atoms with Crippen LogP contribution in [-0.2, 0) is 0 Å². The first kappa shape index (κ1) is 17.3.